The summed E-state index contributed by atoms with van der Waals surface area (Å²) in [6.07, 6.45) is -0.753. The van der Waals surface area contributed by atoms with Crippen LogP contribution in [0.25, 0.3) is 0 Å². The Bertz CT molecular complexity index is 378. The van der Waals surface area contributed by atoms with Crippen LogP contribution in [0.15, 0.2) is 24.3 Å². The van der Waals surface area contributed by atoms with Crippen LogP contribution in [-0.2, 0) is 4.74 Å². The molecular formula is C13H18FNO3. The molecule has 100 valence electrons. The topological polar surface area (TPSA) is 58.6 Å². The van der Waals surface area contributed by atoms with Gasteiger partial charge in [-0.3, -0.25) is 0 Å². The van der Waals surface area contributed by atoms with E-state index in [0.29, 0.717) is 6.54 Å². The Hall–Kier alpha value is -1.46. The van der Waals surface area contributed by atoms with E-state index in [1.54, 1.807) is 0 Å². The highest BCUT2D eigenvalue weighted by atomic mass is 19.1. The minimum atomic E-state index is -0.753. The van der Waals surface area contributed by atoms with Crippen molar-refractivity contribution in [1.82, 2.24) is 5.32 Å². The largest absolute Gasteiger partial charge is 0.459 e. The molecule has 0 bridgehead atoms. The molecule has 0 heterocycles. The maximum atomic E-state index is 12.6. The van der Waals surface area contributed by atoms with Crippen LogP contribution in [0.2, 0.25) is 0 Å². The van der Waals surface area contributed by atoms with E-state index in [1.165, 1.54) is 24.3 Å². The van der Waals surface area contributed by atoms with Crippen molar-refractivity contribution < 1.29 is 19.0 Å². The van der Waals surface area contributed by atoms with Crippen LogP contribution in [0.5, 0.6) is 0 Å². The van der Waals surface area contributed by atoms with Gasteiger partial charge >= 0.3 is 5.97 Å². The molecule has 1 atom stereocenters. The summed E-state index contributed by atoms with van der Waals surface area (Å²) in [7, 11) is 0. The lowest BCUT2D eigenvalue weighted by molar-refractivity contribution is 0.0256. The van der Waals surface area contributed by atoms with Gasteiger partial charge in [0, 0.05) is 12.6 Å². The Morgan fingerprint density at radius 3 is 2.56 bits per heavy atom. The summed E-state index contributed by atoms with van der Waals surface area (Å²) in [5, 5.41) is 12.6. The summed E-state index contributed by atoms with van der Waals surface area (Å²) < 4.78 is 17.6. The smallest absolute Gasteiger partial charge is 0.338 e. The maximum absolute atomic E-state index is 12.6. The molecule has 4 nitrogen and oxygen atoms in total. The predicted molar refractivity (Wildman–Crippen MR) is 65.8 cm³/mol. The van der Waals surface area contributed by atoms with E-state index in [0.717, 1.165) is 0 Å². The van der Waals surface area contributed by atoms with Gasteiger partial charge in [0.1, 0.15) is 18.5 Å². The van der Waals surface area contributed by atoms with Crippen molar-refractivity contribution in [2.24, 2.45) is 0 Å². The average Bonchev–Trinajstić information content (AvgIpc) is 2.34. The lowest BCUT2D eigenvalue weighted by atomic mass is 10.2. The summed E-state index contributed by atoms with van der Waals surface area (Å²) in [6.45, 7) is 4.18. The number of carbonyl (C=O) groups excluding carboxylic acids is 1. The van der Waals surface area contributed by atoms with E-state index in [4.69, 9.17) is 4.74 Å². The standard InChI is InChI=1S/C13H18FNO3/c1-9(2)15-7-12(16)8-18-13(17)10-3-5-11(14)6-4-10/h3-6,9,12,15-16H,7-8H2,1-2H3/t12-/m1/s1. The molecule has 0 saturated heterocycles. The second-order valence-electron chi connectivity index (χ2n) is 4.32. The molecular weight excluding hydrogens is 237 g/mol. The third-order valence-electron chi connectivity index (χ3n) is 2.25. The molecule has 1 rings (SSSR count). The van der Waals surface area contributed by atoms with E-state index in [1.807, 2.05) is 13.8 Å². The number of nitrogens with one attached hydrogen (secondary N) is 1. The minimum Gasteiger partial charge on any atom is -0.459 e. The number of hydrogen-bond donors (Lipinski definition) is 2. The number of halogens is 1. The van der Waals surface area contributed by atoms with Crippen molar-refractivity contribution in [2.75, 3.05) is 13.2 Å². The summed E-state index contributed by atoms with van der Waals surface area (Å²) >= 11 is 0. The van der Waals surface area contributed by atoms with E-state index >= 15 is 0 Å². The van der Waals surface area contributed by atoms with Gasteiger partial charge in [-0.05, 0) is 24.3 Å². The van der Waals surface area contributed by atoms with Gasteiger partial charge in [-0.25, -0.2) is 9.18 Å². The fourth-order valence-electron chi connectivity index (χ4n) is 1.27. The SMILES string of the molecule is CC(C)NC[C@@H](O)COC(=O)c1ccc(F)cc1. The van der Waals surface area contributed by atoms with E-state index in [2.05, 4.69) is 5.32 Å². The van der Waals surface area contributed by atoms with E-state index in [-0.39, 0.29) is 18.2 Å². The van der Waals surface area contributed by atoms with E-state index in [9.17, 15) is 14.3 Å². The number of carbonyl (C=O) groups is 1. The summed E-state index contributed by atoms with van der Waals surface area (Å²) in [4.78, 5) is 11.5. The van der Waals surface area contributed by atoms with Crippen molar-refractivity contribution in [2.45, 2.75) is 26.0 Å². The fraction of sp³-hybridized carbons (Fsp3) is 0.462. The zero-order valence-electron chi connectivity index (χ0n) is 10.5. The van der Waals surface area contributed by atoms with Crippen LogP contribution in [0.3, 0.4) is 0 Å². The summed E-state index contributed by atoms with van der Waals surface area (Å²) in [5.41, 5.74) is 0.264. The molecule has 0 saturated carbocycles. The second-order valence-corrected chi connectivity index (χ2v) is 4.32. The second kappa shape index (κ2) is 7.08. The van der Waals surface area contributed by atoms with Crippen molar-refractivity contribution in [1.29, 1.82) is 0 Å². The van der Waals surface area contributed by atoms with Crippen LogP contribution < -0.4 is 5.32 Å². The maximum Gasteiger partial charge on any atom is 0.338 e. The molecule has 0 aliphatic carbocycles. The zero-order valence-corrected chi connectivity index (χ0v) is 10.5. The Labute approximate surface area is 106 Å². The number of rotatable bonds is 6. The monoisotopic (exact) mass is 255 g/mol. The average molecular weight is 255 g/mol. The number of ether oxygens (including phenoxy) is 1. The van der Waals surface area contributed by atoms with Gasteiger partial charge in [-0.1, -0.05) is 13.8 Å². The van der Waals surface area contributed by atoms with Crippen LogP contribution in [0.4, 0.5) is 4.39 Å². The lowest BCUT2D eigenvalue weighted by Gasteiger charge is -2.14. The van der Waals surface area contributed by atoms with Gasteiger partial charge in [-0.15, -0.1) is 0 Å². The summed E-state index contributed by atoms with van der Waals surface area (Å²) in [6, 6.07) is 5.32. The van der Waals surface area contributed by atoms with Crippen molar-refractivity contribution in [3.05, 3.63) is 35.6 Å². The van der Waals surface area contributed by atoms with Gasteiger partial charge in [0.15, 0.2) is 0 Å². The molecule has 2 N–H and O–H groups in total. The molecule has 1 aromatic rings. The lowest BCUT2D eigenvalue weighted by Crippen LogP contribution is -2.35. The molecule has 0 radical (unpaired) electrons. The number of aliphatic hydroxyl groups excluding tert-OH is 1. The number of benzene rings is 1. The number of aliphatic hydroxyl groups is 1. The molecule has 0 aromatic heterocycles. The molecule has 0 spiro atoms. The Morgan fingerprint density at radius 2 is 2.00 bits per heavy atom. The fourth-order valence-corrected chi connectivity index (χ4v) is 1.27. The number of esters is 1. The molecule has 5 heteroatoms. The molecule has 1 aromatic carbocycles. The van der Waals surface area contributed by atoms with Crippen molar-refractivity contribution in [3.63, 3.8) is 0 Å². The van der Waals surface area contributed by atoms with Crippen molar-refractivity contribution in [3.8, 4) is 0 Å². The van der Waals surface area contributed by atoms with Crippen LogP contribution in [0, 0.1) is 5.82 Å². The first-order valence-corrected chi connectivity index (χ1v) is 5.83. The predicted octanol–water partition coefficient (Wildman–Crippen LogP) is 1.34. The van der Waals surface area contributed by atoms with Crippen LogP contribution in [0.1, 0.15) is 24.2 Å². The quantitative estimate of drug-likeness (QED) is 0.753. The minimum absolute atomic E-state index is 0.0874. The Morgan fingerprint density at radius 1 is 1.39 bits per heavy atom. The number of hydrogen-bond acceptors (Lipinski definition) is 4. The van der Waals surface area contributed by atoms with Crippen LogP contribution >= 0.6 is 0 Å². The van der Waals surface area contributed by atoms with Gasteiger partial charge < -0.3 is 15.2 Å². The first kappa shape index (κ1) is 14.6. The zero-order chi connectivity index (χ0) is 13.5. The highest BCUT2D eigenvalue weighted by molar-refractivity contribution is 5.89. The Balaban J connectivity index is 2.34. The molecule has 0 amide bonds. The highest BCUT2D eigenvalue weighted by Crippen LogP contribution is 2.04. The highest BCUT2D eigenvalue weighted by Gasteiger charge is 2.11. The van der Waals surface area contributed by atoms with Gasteiger partial charge in [0.25, 0.3) is 0 Å². The molecule has 0 aliphatic rings. The Kier molecular flexibility index (Phi) is 5.74. The van der Waals surface area contributed by atoms with Gasteiger partial charge in [0.05, 0.1) is 5.56 Å². The third-order valence-corrected chi connectivity index (χ3v) is 2.25. The third kappa shape index (κ3) is 5.25. The molecule has 0 aliphatic heterocycles. The van der Waals surface area contributed by atoms with Crippen LogP contribution in [-0.4, -0.2) is 36.4 Å². The van der Waals surface area contributed by atoms with E-state index < -0.39 is 17.9 Å². The summed E-state index contributed by atoms with van der Waals surface area (Å²) in [5.74, 6) is -0.980. The van der Waals surface area contributed by atoms with Gasteiger partial charge in [0.2, 0.25) is 0 Å². The molecule has 18 heavy (non-hydrogen) atoms. The van der Waals surface area contributed by atoms with Crippen molar-refractivity contribution >= 4 is 5.97 Å². The normalized spacial score (nSPS) is 12.5. The first-order chi connectivity index (χ1) is 8.49. The molecule has 0 unspecified atom stereocenters. The molecule has 0 fully saturated rings. The van der Waals surface area contributed by atoms with Gasteiger partial charge in [-0.2, -0.15) is 0 Å². The first-order valence-electron chi connectivity index (χ1n) is 5.83.